The zero-order chi connectivity index (χ0) is 14.2. The number of nitrogens with one attached hydrogen (secondary N) is 1. The van der Waals surface area contributed by atoms with Crippen LogP contribution in [0.25, 0.3) is 10.9 Å². The van der Waals surface area contributed by atoms with Crippen LogP contribution >= 0.6 is 0 Å². The molecule has 0 fully saturated rings. The van der Waals surface area contributed by atoms with Crippen LogP contribution in [0.1, 0.15) is 37.4 Å². The lowest BCUT2D eigenvalue weighted by Crippen LogP contribution is -2.32. The lowest BCUT2D eigenvalue weighted by atomic mass is 9.88. The second-order valence-electron chi connectivity index (χ2n) is 5.60. The largest absolute Gasteiger partial charge is 0.481 e. The molecule has 2 heterocycles. The van der Waals surface area contributed by atoms with E-state index in [1.54, 1.807) is 0 Å². The van der Waals surface area contributed by atoms with Gasteiger partial charge in [0.15, 0.2) is 0 Å². The number of aliphatic carboxylic acids is 1. The minimum Gasteiger partial charge on any atom is -0.481 e. The van der Waals surface area contributed by atoms with Crippen molar-refractivity contribution in [1.82, 2.24) is 4.98 Å². The number of fused-ring (bicyclic) bond motifs is 3. The molecule has 2 aromatic rings. The fraction of sp³-hybridized carbons (Fsp3) is 0.438. The molecule has 1 atom stereocenters. The van der Waals surface area contributed by atoms with Crippen molar-refractivity contribution < 1.29 is 14.6 Å². The summed E-state index contributed by atoms with van der Waals surface area (Å²) in [4.78, 5) is 14.2. The summed E-state index contributed by atoms with van der Waals surface area (Å²) < 4.78 is 5.98. The SMILES string of the molecule is CC1(CCCC(=O)O)OCCc2c1[nH]c1ccccc21. The van der Waals surface area contributed by atoms with Crippen LogP contribution in [0.5, 0.6) is 0 Å². The lowest BCUT2D eigenvalue weighted by Gasteiger charge is -2.34. The summed E-state index contributed by atoms with van der Waals surface area (Å²) in [7, 11) is 0. The smallest absolute Gasteiger partial charge is 0.303 e. The highest BCUT2D eigenvalue weighted by atomic mass is 16.5. The molecular formula is C16H19NO3. The average Bonchev–Trinajstić information content (AvgIpc) is 2.79. The second kappa shape index (κ2) is 4.94. The highest BCUT2D eigenvalue weighted by Crippen LogP contribution is 2.39. The van der Waals surface area contributed by atoms with E-state index in [0.29, 0.717) is 13.0 Å². The van der Waals surface area contributed by atoms with Crippen LogP contribution in [0.4, 0.5) is 0 Å². The number of carbonyl (C=O) groups is 1. The molecule has 20 heavy (non-hydrogen) atoms. The molecule has 1 aromatic carbocycles. The van der Waals surface area contributed by atoms with Gasteiger partial charge in [0.25, 0.3) is 0 Å². The number of H-pyrrole nitrogens is 1. The summed E-state index contributed by atoms with van der Waals surface area (Å²) >= 11 is 0. The number of benzene rings is 1. The molecule has 0 saturated carbocycles. The second-order valence-corrected chi connectivity index (χ2v) is 5.60. The van der Waals surface area contributed by atoms with Crippen molar-refractivity contribution in [3.8, 4) is 0 Å². The van der Waals surface area contributed by atoms with E-state index in [-0.39, 0.29) is 6.42 Å². The number of rotatable bonds is 4. The first-order valence-corrected chi connectivity index (χ1v) is 7.06. The Morgan fingerprint density at radius 3 is 3.05 bits per heavy atom. The fourth-order valence-corrected chi connectivity index (χ4v) is 3.14. The average molecular weight is 273 g/mol. The van der Waals surface area contributed by atoms with E-state index in [4.69, 9.17) is 9.84 Å². The summed E-state index contributed by atoms with van der Waals surface area (Å²) in [6, 6.07) is 8.28. The number of ether oxygens (including phenoxy) is 1. The van der Waals surface area contributed by atoms with E-state index in [0.717, 1.165) is 24.1 Å². The van der Waals surface area contributed by atoms with E-state index < -0.39 is 11.6 Å². The van der Waals surface area contributed by atoms with Gasteiger partial charge in [-0.25, -0.2) is 0 Å². The van der Waals surface area contributed by atoms with Gasteiger partial charge in [-0.3, -0.25) is 4.79 Å². The monoisotopic (exact) mass is 273 g/mol. The quantitative estimate of drug-likeness (QED) is 0.899. The van der Waals surface area contributed by atoms with Gasteiger partial charge in [-0.05, 0) is 37.8 Å². The van der Waals surface area contributed by atoms with Gasteiger partial charge >= 0.3 is 5.97 Å². The minimum atomic E-state index is -0.749. The molecule has 4 nitrogen and oxygen atoms in total. The first kappa shape index (κ1) is 13.2. The molecule has 0 spiro atoms. The van der Waals surface area contributed by atoms with Crippen molar-refractivity contribution in [2.45, 2.75) is 38.2 Å². The van der Waals surface area contributed by atoms with Crippen LogP contribution in [0.2, 0.25) is 0 Å². The van der Waals surface area contributed by atoms with E-state index in [1.807, 2.05) is 12.1 Å². The third-order valence-electron chi connectivity index (χ3n) is 4.16. The molecule has 106 valence electrons. The number of carboxylic acid groups (broad SMARTS) is 1. The predicted octanol–water partition coefficient (Wildman–Crippen LogP) is 3.21. The summed E-state index contributed by atoms with van der Waals surface area (Å²) in [5.74, 6) is -0.749. The predicted molar refractivity (Wildman–Crippen MR) is 76.8 cm³/mol. The van der Waals surface area contributed by atoms with E-state index >= 15 is 0 Å². The van der Waals surface area contributed by atoms with Crippen molar-refractivity contribution in [3.63, 3.8) is 0 Å². The zero-order valence-corrected chi connectivity index (χ0v) is 11.6. The lowest BCUT2D eigenvalue weighted by molar-refractivity contribution is -0.137. The molecule has 3 rings (SSSR count). The van der Waals surface area contributed by atoms with Crippen molar-refractivity contribution in [3.05, 3.63) is 35.5 Å². The Labute approximate surface area is 117 Å². The van der Waals surface area contributed by atoms with Crippen molar-refractivity contribution >= 4 is 16.9 Å². The molecule has 1 unspecified atom stereocenters. The van der Waals surface area contributed by atoms with E-state index in [1.165, 1.54) is 10.9 Å². The first-order chi connectivity index (χ1) is 9.60. The maximum Gasteiger partial charge on any atom is 0.303 e. The van der Waals surface area contributed by atoms with E-state index in [2.05, 4.69) is 24.0 Å². The van der Waals surface area contributed by atoms with Crippen LogP contribution in [0.15, 0.2) is 24.3 Å². The maximum absolute atomic E-state index is 10.7. The van der Waals surface area contributed by atoms with Crippen LogP contribution in [-0.4, -0.2) is 22.7 Å². The zero-order valence-electron chi connectivity index (χ0n) is 11.6. The van der Waals surface area contributed by atoms with Crippen LogP contribution in [0, 0.1) is 0 Å². The highest BCUT2D eigenvalue weighted by molar-refractivity contribution is 5.85. The summed E-state index contributed by atoms with van der Waals surface area (Å²) in [5.41, 5.74) is 3.18. The van der Waals surface area contributed by atoms with Gasteiger partial charge < -0.3 is 14.8 Å². The Balaban J connectivity index is 1.94. The first-order valence-electron chi connectivity index (χ1n) is 7.06. The Hall–Kier alpha value is -1.81. The van der Waals surface area contributed by atoms with Gasteiger partial charge in [-0.15, -0.1) is 0 Å². The minimum absolute atomic E-state index is 0.189. The van der Waals surface area contributed by atoms with Crippen molar-refractivity contribution in [1.29, 1.82) is 0 Å². The molecule has 0 radical (unpaired) electrons. The Kier molecular flexibility index (Phi) is 3.26. The van der Waals surface area contributed by atoms with Gasteiger partial charge in [0.1, 0.15) is 5.60 Å². The topological polar surface area (TPSA) is 62.3 Å². The molecule has 1 aliphatic rings. The number of hydrogen-bond acceptors (Lipinski definition) is 2. The van der Waals surface area contributed by atoms with Crippen LogP contribution in [-0.2, 0) is 21.6 Å². The van der Waals surface area contributed by atoms with Gasteiger partial charge in [0.2, 0.25) is 0 Å². The maximum atomic E-state index is 10.7. The molecule has 0 aliphatic carbocycles. The molecule has 1 aromatic heterocycles. The van der Waals surface area contributed by atoms with Crippen molar-refractivity contribution in [2.24, 2.45) is 0 Å². The Bertz CT molecular complexity index is 646. The van der Waals surface area contributed by atoms with Gasteiger partial charge in [-0.2, -0.15) is 0 Å². The van der Waals surface area contributed by atoms with E-state index in [9.17, 15) is 4.79 Å². The Morgan fingerprint density at radius 1 is 1.45 bits per heavy atom. The Morgan fingerprint density at radius 2 is 2.25 bits per heavy atom. The van der Waals surface area contributed by atoms with Crippen LogP contribution < -0.4 is 0 Å². The third kappa shape index (κ3) is 2.20. The summed E-state index contributed by atoms with van der Waals surface area (Å²) in [6.45, 7) is 2.75. The number of para-hydroxylation sites is 1. The van der Waals surface area contributed by atoms with Gasteiger partial charge in [0.05, 0.1) is 12.3 Å². The molecule has 4 heteroatoms. The number of hydrogen-bond donors (Lipinski definition) is 2. The molecule has 0 amide bonds. The normalized spacial score (nSPS) is 21.9. The van der Waals surface area contributed by atoms with Crippen molar-refractivity contribution in [2.75, 3.05) is 6.61 Å². The summed E-state index contributed by atoms with van der Waals surface area (Å²) in [6.07, 6.45) is 2.45. The fourth-order valence-electron chi connectivity index (χ4n) is 3.14. The third-order valence-corrected chi connectivity index (χ3v) is 4.16. The number of carboxylic acids is 1. The van der Waals surface area contributed by atoms with Gasteiger partial charge in [0, 0.05) is 17.3 Å². The molecule has 2 N–H and O–H groups in total. The molecular weight excluding hydrogens is 254 g/mol. The molecule has 0 bridgehead atoms. The standard InChI is InChI=1S/C16H19NO3/c1-16(9-4-7-14(18)19)15-12(8-10-20-16)11-5-2-3-6-13(11)17-15/h2-3,5-6,17H,4,7-10H2,1H3,(H,18,19). The summed E-state index contributed by atoms with van der Waals surface area (Å²) in [5, 5.41) is 10.0. The van der Waals surface area contributed by atoms with Gasteiger partial charge in [-0.1, -0.05) is 18.2 Å². The number of aromatic nitrogens is 1. The molecule has 1 aliphatic heterocycles. The highest BCUT2D eigenvalue weighted by Gasteiger charge is 2.35. The number of aromatic amines is 1. The van der Waals surface area contributed by atoms with Crippen LogP contribution in [0.3, 0.4) is 0 Å². The molecule has 0 saturated heterocycles.